The third kappa shape index (κ3) is 3.76. The lowest BCUT2D eigenvalue weighted by Gasteiger charge is -2.28. The van der Waals surface area contributed by atoms with E-state index in [-0.39, 0.29) is 23.6 Å². The first-order chi connectivity index (χ1) is 15.0. The maximum Gasteiger partial charge on any atom is 0.407 e. The second-order valence-electron chi connectivity index (χ2n) is 7.63. The maximum absolute atomic E-state index is 12.3. The summed E-state index contributed by atoms with van der Waals surface area (Å²) in [6, 6.07) is 8.33. The number of aromatic nitrogens is 4. The minimum absolute atomic E-state index is 0.0830. The molecule has 10 nitrogen and oxygen atoms in total. The molecule has 3 aromatic rings. The molecule has 0 spiro atoms. The smallest absolute Gasteiger partial charge is 0.407 e. The Morgan fingerprint density at radius 3 is 2.77 bits per heavy atom. The van der Waals surface area contributed by atoms with Crippen LogP contribution in [0.1, 0.15) is 35.1 Å². The van der Waals surface area contributed by atoms with E-state index < -0.39 is 6.09 Å². The molecular weight excluding hydrogens is 468 g/mol. The molecule has 158 valence electrons. The van der Waals surface area contributed by atoms with E-state index in [9.17, 15) is 14.7 Å². The zero-order valence-electron chi connectivity index (χ0n) is 16.1. The van der Waals surface area contributed by atoms with Crippen molar-refractivity contribution < 1.29 is 19.2 Å². The normalized spacial score (nSPS) is 22.0. The van der Waals surface area contributed by atoms with Crippen LogP contribution in [0.15, 0.2) is 45.7 Å². The molecule has 2 aliphatic rings. The van der Waals surface area contributed by atoms with Gasteiger partial charge in [0.15, 0.2) is 0 Å². The molecule has 0 aromatic carbocycles. The number of carbonyl (C=O) groups excluding carboxylic acids is 1. The molecule has 11 heteroatoms. The summed E-state index contributed by atoms with van der Waals surface area (Å²) in [5.41, 5.74) is 0.899. The number of piperidine rings is 1. The Labute approximate surface area is 184 Å². The van der Waals surface area contributed by atoms with Gasteiger partial charge in [-0.2, -0.15) is 4.98 Å². The van der Waals surface area contributed by atoms with Gasteiger partial charge in [-0.15, -0.1) is 0 Å². The van der Waals surface area contributed by atoms with E-state index in [4.69, 9.17) is 4.52 Å². The Morgan fingerprint density at radius 1 is 1.19 bits per heavy atom. The van der Waals surface area contributed by atoms with Crippen LogP contribution in [0.25, 0.3) is 11.4 Å². The lowest BCUT2D eigenvalue weighted by atomic mass is 9.98. The number of hydrogen-bond acceptors (Lipinski definition) is 7. The molecule has 4 heterocycles. The van der Waals surface area contributed by atoms with Gasteiger partial charge in [0.25, 0.3) is 5.91 Å². The first kappa shape index (κ1) is 19.6. The first-order valence-electron chi connectivity index (χ1n) is 9.71. The number of carbonyl (C=O) groups is 2. The fourth-order valence-electron chi connectivity index (χ4n) is 4.33. The Balaban J connectivity index is 1.28. The van der Waals surface area contributed by atoms with Crippen LogP contribution >= 0.6 is 15.9 Å². The number of hydrogen-bond donors (Lipinski definition) is 2. The molecule has 1 aliphatic heterocycles. The van der Waals surface area contributed by atoms with Crippen molar-refractivity contribution in [3.8, 4) is 11.4 Å². The second kappa shape index (κ2) is 7.73. The van der Waals surface area contributed by atoms with Gasteiger partial charge in [0.1, 0.15) is 16.1 Å². The SMILES string of the molecule is O=C(Nc1ccc(-c2noc([C@H]3CC4CC3N(C(=O)O)C4)n2)cn1)c1cccc(Br)n1. The fourth-order valence-corrected chi connectivity index (χ4v) is 4.67. The van der Waals surface area contributed by atoms with Crippen LogP contribution in [-0.2, 0) is 0 Å². The van der Waals surface area contributed by atoms with Crippen LogP contribution in [0.3, 0.4) is 0 Å². The summed E-state index contributed by atoms with van der Waals surface area (Å²) >= 11 is 3.24. The van der Waals surface area contributed by atoms with Crippen LogP contribution < -0.4 is 5.32 Å². The quantitative estimate of drug-likeness (QED) is 0.537. The van der Waals surface area contributed by atoms with E-state index in [2.05, 4.69) is 41.4 Å². The number of amides is 2. The van der Waals surface area contributed by atoms with Crippen molar-refractivity contribution in [1.82, 2.24) is 25.0 Å². The Kier molecular flexibility index (Phi) is 4.89. The van der Waals surface area contributed by atoms with Gasteiger partial charge in [0.05, 0.1) is 5.92 Å². The summed E-state index contributed by atoms with van der Waals surface area (Å²) in [7, 11) is 0. The largest absolute Gasteiger partial charge is 0.465 e. The van der Waals surface area contributed by atoms with Crippen molar-refractivity contribution in [2.24, 2.45) is 5.92 Å². The van der Waals surface area contributed by atoms with Crippen molar-refractivity contribution in [3.05, 3.63) is 52.7 Å². The van der Waals surface area contributed by atoms with Crippen LogP contribution in [0.5, 0.6) is 0 Å². The average molecular weight is 485 g/mol. The third-order valence-electron chi connectivity index (χ3n) is 5.70. The number of nitrogens with zero attached hydrogens (tertiary/aromatic N) is 5. The van der Waals surface area contributed by atoms with Gasteiger partial charge in [-0.1, -0.05) is 11.2 Å². The molecule has 2 fully saturated rings. The van der Waals surface area contributed by atoms with E-state index in [1.807, 2.05) is 0 Å². The summed E-state index contributed by atoms with van der Waals surface area (Å²) in [5, 5.41) is 16.1. The molecule has 3 aromatic heterocycles. The highest BCUT2D eigenvalue weighted by molar-refractivity contribution is 9.10. The Morgan fingerprint density at radius 2 is 2.06 bits per heavy atom. The van der Waals surface area contributed by atoms with Crippen molar-refractivity contribution in [2.75, 3.05) is 11.9 Å². The Hall–Kier alpha value is -3.34. The highest BCUT2D eigenvalue weighted by Crippen LogP contribution is 2.46. The zero-order chi connectivity index (χ0) is 21.5. The van der Waals surface area contributed by atoms with Gasteiger partial charge >= 0.3 is 6.09 Å². The van der Waals surface area contributed by atoms with Crippen molar-refractivity contribution in [2.45, 2.75) is 24.8 Å². The molecule has 31 heavy (non-hydrogen) atoms. The number of carboxylic acid groups (broad SMARTS) is 1. The molecule has 1 saturated heterocycles. The van der Waals surface area contributed by atoms with Crippen LogP contribution in [-0.4, -0.2) is 54.7 Å². The summed E-state index contributed by atoms with van der Waals surface area (Å²) in [6.07, 6.45) is 2.32. The highest BCUT2D eigenvalue weighted by atomic mass is 79.9. The molecule has 1 saturated carbocycles. The summed E-state index contributed by atoms with van der Waals surface area (Å²) in [6.45, 7) is 0.573. The number of halogens is 1. The monoisotopic (exact) mass is 484 g/mol. The zero-order valence-corrected chi connectivity index (χ0v) is 17.7. The van der Waals surface area contributed by atoms with E-state index in [1.54, 1.807) is 36.5 Å². The molecule has 1 aliphatic carbocycles. The van der Waals surface area contributed by atoms with Crippen molar-refractivity contribution >= 4 is 33.7 Å². The van der Waals surface area contributed by atoms with Gasteiger partial charge in [-0.25, -0.2) is 14.8 Å². The molecule has 2 bridgehead atoms. The number of fused-ring (bicyclic) bond motifs is 2. The Bertz CT molecular complexity index is 1150. The number of pyridine rings is 2. The molecule has 2 N–H and O–H groups in total. The van der Waals surface area contributed by atoms with Gasteiger partial charge in [-0.05, 0) is 59.0 Å². The predicted molar refractivity (Wildman–Crippen MR) is 111 cm³/mol. The summed E-state index contributed by atoms with van der Waals surface area (Å²) in [4.78, 5) is 38.0. The molecule has 0 radical (unpaired) electrons. The van der Waals surface area contributed by atoms with Crippen molar-refractivity contribution in [3.63, 3.8) is 0 Å². The van der Waals surface area contributed by atoms with E-state index in [0.717, 1.165) is 12.8 Å². The lowest BCUT2D eigenvalue weighted by molar-refractivity contribution is 0.102. The number of anilines is 1. The molecule has 2 unspecified atom stereocenters. The average Bonchev–Trinajstić information content (AvgIpc) is 3.50. The summed E-state index contributed by atoms with van der Waals surface area (Å²) < 4.78 is 6.02. The molecule has 5 rings (SSSR count). The standard InChI is InChI=1S/C20H17BrN6O4/c21-15-3-1-2-13(23-15)18(28)24-16-5-4-11(8-22-16)17-25-19(31-26-17)12-6-10-7-14(12)27(9-10)20(29)30/h1-5,8,10,12,14H,6-7,9H2,(H,29,30)(H,22,24,28)/t10?,12-,14?/m0/s1. The van der Waals surface area contributed by atoms with Gasteiger partial charge in [0.2, 0.25) is 11.7 Å². The van der Waals surface area contributed by atoms with Crippen LogP contribution in [0.2, 0.25) is 0 Å². The van der Waals surface area contributed by atoms with Gasteiger partial charge in [-0.3, -0.25) is 4.79 Å². The van der Waals surface area contributed by atoms with E-state index in [0.29, 0.717) is 40.2 Å². The van der Waals surface area contributed by atoms with E-state index in [1.165, 1.54) is 4.90 Å². The topological polar surface area (TPSA) is 134 Å². The first-order valence-corrected chi connectivity index (χ1v) is 10.5. The van der Waals surface area contributed by atoms with Crippen molar-refractivity contribution in [1.29, 1.82) is 0 Å². The van der Waals surface area contributed by atoms with Gasteiger partial charge < -0.3 is 19.8 Å². The molecular formula is C20H17BrN6O4. The molecule has 2 amide bonds. The fraction of sp³-hybridized carbons (Fsp3) is 0.300. The molecule has 3 atom stereocenters. The highest BCUT2D eigenvalue weighted by Gasteiger charge is 2.49. The third-order valence-corrected chi connectivity index (χ3v) is 6.14. The lowest BCUT2D eigenvalue weighted by Crippen LogP contribution is -2.40. The number of nitrogens with one attached hydrogen (secondary N) is 1. The van der Waals surface area contributed by atoms with Crippen LogP contribution in [0, 0.1) is 5.92 Å². The second-order valence-corrected chi connectivity index (χ2v) is 8.45. The maximum atomic E-state index is 12.3. The minimum atomic E-state index is -0.906. The minimum Gasteiger partial charge on any atom is -0.465 e. The van der Waals surface area contributed by atoms with Gasteiger partial charge in [0, 0.05) is 24.3 Å². The predicted octanol–water partition coefficient (Wildman–Crippen LogP) is 3.40. The van der Waals surface area contributed by atoms with E-state index >= 15 is 0 Å². The number of likely N-dealkylation sites (tertiary alicyclic amines) is 1. The van der Waals surface area contributed by atoms with Crippen LogP contribution in [0.4, 0.5) is 10.6 Å². The summed E-state index contributed by atoms with van der Waals surface area (Å²) in [5.74, 6) is 1.07. The number of rotatable bonds is 4.